The fraction of sp³-hybridized carbons (Fsp3) is 0.917. The molecule has 0 radical (unpaired) electrons. The molecule has 30 rings (SSSR count). The molecule has 30 fully saturated rings. The van der Waals surface area contributed by atoms with E-state index in [2.05, 4.69) is 0 Å². The SMILES string of the molecule is C=C1C2(O)OC(C)OC23OC32OC(C)OC23CC13C1C2(O)OC(C)OC23OC32OC(C)OC23CC13C(CC)(C12CC13OC(C)OC31OC13OC(C)OC3(O)C2C12CC13OC(C)OC31OC13OC(C)OC3(O)C2=C)C12CC13OC(C)OC31OC13OC(C)OC3(O)C2C12CC13OC(C)OC31OC13OC(C)OC3(O)C2=C. The van der Waals surface area contributed by atoms with Crippen molar-refractivity contribution in [2.75, 3.05) is 0 Å². The summed E-state index contributed by atoms with van der Waals surface area (Å²) >= 11 is 0. The number of aliphatic hydroxyl groups is 6. The van der Waals surface area contributed by atoms with E-state index >= 15 is 15.3 Å². The number of ether oxygens (including phenoxy) is 30. The highest BCUT2D eigenvalue weighted by atomic mass is 17.1. The van der Waals surface area contributed by atoms with Crippen molar-refractivity contribution in [1.82, 2.24) is 0 Å². The number of hydrogen-bond donors (Lipinski definition) is 6. The van der Waals surface area contributed by atoms with Gasteiger partial charge in [-0.3, -0.25) is 28.4 Å². The minimum absolute atomic E-state index is 0.125. The largest absolute Gasteiger partial charge is 0.361 e. The van der Waals surface area contributed by atoms with Crippen LogP contribution in [-0.4, -0.2) is 244 Å². The maximum Gasteiger partial charge on any atom is 0.292 e. The van der Waals surface area contributed by atoms with E-state index in [1.807, 2.05) is 6.92 Å². The highest BCUT2D eigenvalue weighted by molar-refractivity contribution is 5.69. The molecule has 0 aromatic rings. The normalized spacial score (nSPS) is 78.9. The van der Waals surface area contributed by atoms with Crippen molar-refractivity contribution in [3.8, 4) is 0 Å². The van der Waals surface area contributed by atoms with E-state index in [1.165, 1.54) is 0 Å². The molecule has 30 aliphatic rings. The summed E-state index contributed by atoms with van der Waals surface area (Å²) in [5, 5.41) is 91.0. The Kier molecular flexibility index (Phi) is 8.85. The highest BCUT2D eigenvalue weighted by Crippen LogP contribution is 3.12. The number of hydrogen-bond acceptors (Lipinski definition) is 36. The lowest BCUT2D eigenvalue weighted by molar-refractivity contribution is -0.377. The van der Waals surface area contributed by atoms with Crippen molar-refractivity contribution in [2.24, 2.45) is 55.7 Å². The second-order valence-electron chi connectivity index (χ2n) is 37.5. The van der Waals surface area contributed by atoms with Gasteiger partial charge < -0.3 is 144 Å². The minimum Gasteiger partial charge on any atom is -0.361 e. The smallest absolute Gasteiger partial charge is 0.292 e. The molecule has 18 heterocycles. The molecule has 584 valence electrons. The van der Waals surface area contributed by atoms with Crippen LogP contribution in [0.1, 0.15) is 135 Å². The summed E-state index contributed by atoms with van der Waals surface area (Å²) in [5.74, 6) is -49.3. The molecule has 45 atom stereocenters. The zero-order chi connectivity index (χ0) is 74.1. The van der Waals surface area contributed by atoms with Gasteiger partial charge in [-0.15, -0.1) is 0 Å². The van der Waals surface area contributed by atoms with Crippen LogP contribution in [-0.2, 0) is 142 Å². The van der Waals surface area contributed by atoms with Gasteiger partial charge in [0.05, 0.1) is 0 Å². The van der Waals surface area contributed by atoms with E-state index in [-0.39, 0.29) is 61.7 Å². The monoisotopic (exact) mass is 1520 g/mol. The van der Waals surface area contributed by atoms with Crippen LogP contribution in [0, 0.1) is 55.7 Å². The number of rotatable bonds is 7. The molecule has 6 N–H and O–H groups in total. The maximum absolute atomic E-state index is 16.0. The highest BCUT2D eigenvalue weighted by Gasteiger charge is 3.27. The Balaban J connectivity index is 0.803. The predicted octanol–water partition coefficient (Wildman–Crippen LogP) is 0.137. The van der Waals surface area contributed by atoms with Crippen LogP contribution in [0.3, 0.4) is 0 Å². The first kappa shape index (κ1) is 63.9. The summed E-state index contributed by atoms with van der Waals surface area (Å²) in [6.07, 6.45) is -17.1. The third kappa shape index (κ3) is 4.35. The van der Waals surface area contributed by atoms with Gasteiger partial charge in [0.2, 0.25) is 17.4 Å². The van der Waals surface area contributed by atoms with Crippen molar-refractivity contribution in [1.29, 1.82) is 0 Å². The van der Waals surface area contributed by atoms with Crippen molar-refractivity contribution in [2.45, 2.75) is 348 Å². The summed E-state index contributed by atoms with van der Waals surface area (Å²) < 4.78 is 217. The summed E-state index contributed by atoms with van der Waals surface area (Å²) in [6.45, 7) is 36.5. The molecule has 18 aliphatic heterocycles. The Morgan fingerprint density at radius 2 is 0.454 bits per heavy atom. The van der Waals surface area contributed by atoms with Crippen molar-refractivity contribution in [3.05, 3.63) is 36.5 Å². The zero-order valence-electron chi connectivity index (χ0n) is 60.7. The maximum atomic E-state index is 16.0. The van der Waals surface area contributed by atoms with Gasteiger partial charge in [0, 0.05) is 50.2 Å². The Bertz CT molecular complexity index is 4300. The lowest BCUT2D eigenvalue weighted by Gasteiger charge is -2.69. The van der Waals surface area contributed by atoms with E-state index < -0.39 is 269 Å². The first-order valence-electron chi connectivity index (χ1n) is 38.5. The van der Waals surface area contributed by atoms with Crippen molar-refractivity contribution < 1.29 is 173 Å². The first-order valence-corrected chi connectivity index (χ1v) is 38.5. The number of epoxide rings is 6. The summed E-state index contributed by atoms with van der Waals surface area (Å²) in [6, 6.07) is 0. The molecule has 12 saturated carbocycles. The van der Waals surface area contributed by atoms with Gasteiger partial charge in [0.1, 0.15) is 33.6 Å². The van der Waals surface area contributed by atoms with E-state index in [1.54, 1.807) is 83.1 Å². The van der Waals surface area contributed by atoms with E-state index in [0.29, 0.717) is 0 Å². The molecule has 0 bridgehead atoms. The van der Waals surface area contributed by atoms with Gasteiger partial charge >= 0.3 is 0 Å². The zero-order valence-corrected chi connectivity index (χ0v) is 60.7. The van der Waals surface area contributed by atoms with Gasteiger partial charge in [-0.2, -0.15) is 0 Å². The third-order valence-corrected chi connectivity index (χ3v) is 34.8. The summed E-state index contributed by atoms with van der Waals surface area (Å²) in [4.78, 5) is 0. The minimum atomic E-state index is -2.95. The second kappa shape index (κ2) is 14.9. The van der Waals surface area contributed by atoms with Gasteiger partial charge in [-0.25, -0.2) is 0 Å². The Hall–Kier alpha value is -2.22. The van der Waals surface area contributed by atoms with Crippen LogP contribution in [0.15, 0.2) is 36.5 Å². The quantitative estimate of drug-likeness (QED) is 0.146. The molecule has 36 heteroatoms. The van der Waals surface area contributed by atoms with Crippen molar-refractivity contribution >= 4 is 0 Å². The van der Waals surface area contributed by atoms with Gasteiger partial charge in [0.15, 0.2) is 75.5 Å². The predicted molar refractivity (Wildman–Crippen MR) is 318 cm³/mol. The average molecular weight is 1520 g/mol. The average Bonchev–Trinajstić information content (AvgIpc) is 1.34. The van der Waals surface area contributed by atoms with Crippen LogP contribution in [0.2, 0.25) is 0 Å². The molecule has 36 nitrogen and oxygen atoms in total. The molecular formula is C72H80O36. The fourth-order valence-electron chi connectivity index (χ4n) is 33.6. The van der Waals surface area contributed by atoms with Crippen LogP contribution in [0.25, 0.3) is 0 Å². The second-order valence-corrected chi connectivity index (χ2v) is 37.5. The van der Waals surface area contributed by atoms with Crippen LogP contribution >= 0.6 is 0 Å². The molecule has 0 amide bonds. The molecule has 18 spiro atoms. The summed E-state index contributed by atoms with van der Waals surface area (Å²) in [5.41, 5.74) is -28.0. The molecule has 12 aliphatic carbocycles. The van der Waals surface area contributed by atoms with Gasteiger partial charge in [0.25, 0.3) is 86.8 Å². The van der Waals surface area contributed by atoms with Crippen molar-refractivity contribution in [3.63, 3.8) is 0 Å². The molecule has 108 heavy (non-hydrogen) atoms. The third-order valence-electron chi connectivity index (χ3n) is 34.8. The summed E-state index contributed by atoms with van der Waals surface area (Å²) in [7, 11) is 0. The Labute approximate surface area is 611 Å². The van der Waals surface area contributed by atoms with Gasteiger partial charge in [-0.05, 0) is 150 Å². The van der Waals surface area contributed by atoms with Crippen LogP contribution in [0.5, 0.6) is 0 Å². The van der Waals surface area contributed by atoms with Crippen LogP contribution in [0.4, 0.5) is 0 Å². The van der Waals surface area contributed by atoms with Crippen LogP contribution < -0.4 is 0 Å². The molecular weight excluding hydrogens is 1440 g/mol. The molecule has 0 aromatic carbocycles. The molecule has 18 saturated heterocycles. The van der Waals surface area contributed by atoms with E-state index in [9.17, 15) is 15.3 Å². The lowest BCUT2D eigenvalue weighted by Crippen LogP contribution is -2.81. The van der Waals surface area contributed by atoms with E-state index in [4.69, 9.17) is 162 Å². The first-order chi connectivity index (χ1) is 50.6. The Morgan fingerprint density at radius 3 is 0.704 bits per heavy atom. The Morgan fingerprint density at radius 1 is 0.259 bits per heavy atom. The lowest BCUT2D eigenvalue weighted by atomic mass is 9.34. The van der Waals surface area contributed by atoms with E-state index in [0.717, 1.165) is 0 Å². The molecule has 0 aromatic heterocycles. The standard InChI is InChI=1S/C72H80O36/c1-17-48(45-21-52(45)64(94-30(8)82-52)70(106-64)58(76,88-36(14)100-70)39(45)42-18-49(42)61(91-27(5)79-49)67(103-61)55(73,24(42)2)85-33(11)97-67,46-22-53(46)65(95-31(9)83-53)71(107-65)59(77,89-37(15)101-71)40(46)43-19-50(43)62(92-28(6)80-50)68(104-62)56(74,25(43)3)86-34(12)98-68)47-23-54(47)66(96-32(10)84-54)72(108-66)60(78,90-38(16)102-72)41(47)44-20-51(44)63(93-29(7)81-51)69(105-63)57(75,26(44)4)87-35(13)99-69/h27-41,73-78H,2-4,17-23H2,1,5-16H3. The fourth-order valence-corrected chi connectivity index (χ4v) is 33.6. The topological polar surface area (TPSA) is 418 Å². The molecule has 45 unspecified atom stereocenters. The van der Waals surface area contributed by atoms with Gasteiger partial charge in [-0.1, -0.05) is 26.7 Å².